The molecule has 4 amide bonds. The van der Waals surface area contributed by atoms with E-state index in [2.05, 4.69) is 21.2 Å². The van der Waals surface area contributed by atoms with Crippen molar-refractivity contribution in [3.63, 3.8) is 0 Å². The molecule has 3 rings (SSSR count). The van der Waals surface area contributed by atoms with Crippen LogP contribution >= 0.6 is 15.9 Å². The van der Waals surface area contributed by atoms with Crippen molar-refractivity contribution >= 4 is 45.5 Å². The van der Waals surface area contributed by atoms with Gasteiger partial charge in [-0.1, -0.05) is 6.92 Å². The van der Waals surface area contributed by atoms with Crippen LogP contribution in [0.5, 0.6) is 11.5 Å². The SMILES string of the molecule is CCOc1cc(/C=C2\C(=O)NC(=O)N(c3ccc(F)cc3)C2=O)cc(Br)c1O[C@@H](C)CC. The summed E-state index contributed by atoms with van der Waals surface area (Å²) in [5, 5.41) is 2.14. The van der Waals surface area contributed by atoms with Gasteiger partial charge in [0.2, 0.25) is 0 Å². The summed E-state index contributed by atoms with van der Waals surface area (Å²) in [5.74, 6) is -1.19. The van der Waals surface area contributed by atoms with Gasteiger partial charge in [0.25, 0.3) is 11.8 Å². The van der Waals surface area contributed by atoms with Crippen LogP contribution in [0.4, 0.5) is 14.9 Å². The van der Waals surface area contributed by atoms with E-state index in [9.17, 15) is 18.8 Å². The number of amides is 4. The van der Waals surface area contributed by atoms with Crippen molar-refractivity contribution < 1.29 is 28.2 Å². The predicted molar refractivity (Wildman–Crippen MR) is 121 cm³/mol. The number of halogens is 2. The number of ether oxygens (including phenoxy) is 2. The Bertz CT molecular complexity index is 1080. The monoisotopic (exact) mass is 504 g/mol. The third kappa shape index (κ3) is 4.99. The number of hydrogen-bond donors (Lipinski definition) is 1. The van der Waals surface area contributed by atoms with E-state index in [0.29, 0.717) is 28.1 Å². The first-order valence-corrected chi connectivity index (χ1v) is 10.8. The largest absolute Gasteiger partial charge is 0.490 e. The summed E-state index contributed by atoms with van der Waals surface area (Å²) in [6.07, 6.45) is 2.11. The van der Waals surface area contributed by atoms with Crippen LogP contribution in [-0.2, 0) is 9.59 Å². The number of nitrogens with one attached hydrogen (secondary N) is 1. The Kier molecular flexibility index (Phi) is 7.29. The van der Waals surface area contributed by atoms with Crippen molar-refractivity contribution in [1.82, 2.24) is 5.32 Å². The van der Waals surface area contributed by atoms with Crippen LogP contribution in [0.2, 0.25) is 0 Å². The van der Waals surface area contributed by atoms with Gasteiger partial charge >= 0.3 is 6.03 Å². The Balaban J connectivity index is 2.01. The first kappa shape index (κ1) is 23.5. The number of anilines is 1. The van der Waals surface area contributed by atoms with Crippen LogP contribution in [-0.4, -0.2) is 30.6 Å². The van der Waals surface area contributed by atoms with Gasteiger partial charge in [-0.3, -0.25) is 14.9 Å². The van der Waals surface area contributed by atoms with Gasteiger partial charge in [0.15, 0.2) is 11.5 Å². The molecule has 1 aliphatic heterocycles. The number of hydrogen-bond acceptors (Lipinski definition) is 5. The first-order chi connectivity index (χ1) is 15.2. The van der Waals surface area contributed by atoms with E-state index in [4.69, 9.17) is 9.47 Å². The lowest BCUT2D eigenvalue weighted by molar-refractivity contribution is -0.122. The van der Waals surface area contributed by atoms with Gasteiger partial charge in [-0.2, -0.15) is 0 Å². The summed E-state index contributed by atoms with van der Waals surface area (Å²) in [6.45, 7) is 6.15. The van der Waals surface area contributed by atoms with Crippen LogP contribution < -0.4 is 19.7 Å². The smallest absolute Gasteiger partial charge is 0.335 e. The zero-order valence-electron chi connectivity index (χ0n) is 17.8. The quantitative estimate of drug-likeness (QED) is 0.431. The highest BCUT2D eigenvalue weighted by molar-refractivity contribution is 9.10. The average Bonchev–Trinajstić information content (AvgIpc) is 2.74. The van der Waals surface area contributed by atoms with Crippen molar-refractivity contribution in [2.75, 3.05) is 11.5 Å². The first-order valence-electron chi connectivity index (χ1n) is 10.0. The molecule has 0 bridgehead atoms. The summed E-state index contributed by atoms with van der Waals surface area (Å²) in [4.78, 5) is 38.5. The molecule has 9 heteroatoms. The molecule has 0 aliphatic carbocycles. The predicted octanol–water partition coefficient (Wildman–Crippen LogP) is 4.83. The van der Waals surface area contributed by atoms with Gasteiger partial charge in [0.05, 0.1) is 22.9 Å². The molecule has 1 aliphatic rings. The molecule has 1 fully saturated rings. The second kappa shape index (κ2) is 9.95. The lowest BCUT2D eigenvalue weighted by Gasteiger charge is -2.26. The Morgan fingerprint density at radius 3 is 2.47 bits per heavy atom. The van der Waals surface area contributed by atoms with Crippen LogP contribution in [0.15, 0.2) is 46.4 Å². The van der Waals surface area contributed by atoms with Crippen molar-refractivity contribution in [1.29, 1.82) is 0 Å². The summed E-state index contributed by atoms with van der Waals surface area (Å²) in [5.41, 5.74) is 0.378. The average molecular weight is 505 g/mol. The molecule has 1 N–H and O–H groups in total. The van der Waals surface area contributed by atoms with Gasteiger partial charge in [0.1, 0.15) is 11.4 Å². The van der Waals surface area contributed by atoms with E-state index >= 15 is 0 Å². The highest BCUT2D eigenvalue weighted by atomic mass is 79.9. The van der Waals surface area contributed by atoms with Crippen molar-refractivity contribution in [3.8, 4) is 11.5 Å². The Morgan fingerprint density at radius 2 is 1.84 bits per heavy atom. The molecule has 1 saturated heterocycles. The van der Waals surface area contributed by atoms with Crippen molar-refractivity contribution in [2.45, 2.75) is 33.3 Å². The van der Waals surface area contributed by atoms with Gasteiger partial charge in [-0.05, 0) is 84.2 Å². The number of urea groups is 1. The van der Waals surface area contributed by atoms with E-state index in [1.54, 1.807) is 12.1 Å². The zero-order valence-corrected chi connectivity index (χ0v) is 19.4. The molecule has 1 heterocycles. The van der Waals surface area contributed by atoms with E-state index < -0.39 is 23.7 Å². The van der Waals surface area contributed by atoms with E-state index in [-0.39, 0.29) is 17.4 Å². The van der Waals surface area contributed by atoms with Gasteiger partial charge in [0, 0.05) is 0 Å². The number of benzene rings is 2. The number of imide groups is 2. The maximum absolute atomic E-state index is 13.3. The number of rotatable bonds is 7. The third-order valence-corrected chi connectivity index (χ3v) is 5.31. The lowest BCUT2D eigenvalue weighted by Crippen LogP contribution is -2.54. The second-order valence-corrected chi connectivity index (χ2v) is 7.89. The molecular formula is C23H22BrFN2O5. The Hall–Kier alpha value is -3.20. The van der Waals surface area contributed by atoms with E-state index in [1.807, 2.05) is 20.8 Å². The summed E-state index contributed by atoms with van der Waals surface area (Å²) >= 11 is 3.47. The van der Waals surface area contributed by atoms with Crippen LogP contribution in [0.1, 0.15) is 32.8 Å². The molecule has 0 unspecified atom stereocenters. The summed E-state index contributed by atoms with van der Waals surface area (Å²) in [7, 11) is 0. The molecule has 1 atom stereocenters. The molecule has 0 spiro atoms. The highest BCUT2D eigenvalue weighted by Crippen LogP contribution is 2.38. The topological polar surface area (TPSA) is 84.9 Å². The number of carbonyl (C=O) groups excluding carboxylic acids is 3. The zero-order chi connectivity index (χ0) is 23.4. The fourth-order valence-corrected chi connectivity index (χ4v) is 3.54. The normalized spacial score (nSPS) is 16.2. The fourth-order valence-electron chi connectivity index (χ4n) is 2.98. The maximum atomic E-state index is 13.3. The van der Waals surface area contributed by atoms with E-state index in [1.165, 1.54) is 18.2 Å². The molecule has 0 saturated carbocycles. The maximum Gasteiger partial charge on any atom is 0.335 e. The molecule has 2 aromatic carbocycles. The minimum Gasteiger partial charge on any atom is -0.490 e. The van der Waals surface area contributed by atoms with Crippen LogP contribution in [0.25, 0.3) is 6.08 Å². The van der Waals surface area contributed by atoms with Crippen molar-refractivity contribution in [3.05, 3.63) is 57.8 Å². The standard InChI is InChI=1S/C23H22BrFN2O5/c1-4-13(3)32-20-18(24)11-14(12-19(20)31-5-2)10-17-21(28)26-23(30)27(22(17)29)16-8-6-15(25)7-9-16/h6-13H,4-5H2,1-3H3,(H,26,28,30)/b17-10+/t13-/m0/s1. The Morgan fingerprint density at radius 1 is 1.16 bits per heavy atom. The molecular weight excluding hydrogens is 483 g/mol. The summed E-state index contributed by atoms with van der Waals surface area (Å²) < 4.78 is 25.5. The molecule has 32 heavy (non-hydrogen) atoms. The molecule has 0 aromatic heterocycles. The summed E-state index contributed by atoms with van der Waals surface area (Å²) in [6, 6.07) is 7.24. The van der Waals surface area contributed by atoms with Gasteiger partial charge in [-0.25, -0.2) is 14.1 Å². The second-order valence-electron chi connectivity index (χ2n) is 7.03. The van der Waals surface area contributed by atoms with Gasteiger partial charge < -0.3 is 9.47 Å². The van der Waals surface area contributed by atoms with Crippen molar-refractivity contribution in [2.24, 2.45) is 0 Å². The van der Waals surface area contributed by atoms with Gasteiger partial charge in [-0.15, -0.1) is 0 Å². The molecule has 7 nitrogen and oxygen atoms in total. The minimum absolute atomic E-state index is 0.0457. The number of carbonyl (C=O) groups is 3. The Labute approximate surface area is 193 Å². The molecule has 2 aromatic rings. The van der Waals surface area contributed by atoms with E-state index in [0.717, 1.165) is 23.5 Å². The number of barbiturate groups is 1. The van der Waals surface area contributed by atoms with Crippen LogP contribution in [0.3, 0.4) is 0 Å². The fraction of sp³-hybridized carbons (Fsp3) is 0.261. The minimum atomic E-state index is -0.905. The third-order valence-electron chi connectivity index (χ3n) is 4.72. The lowest BCUT2D eigenvalue weighted by atomic mass is 10.1. The number of nitrogens with zero attached hydrogens (tertiary/aromatic N) is 1. The molecule has 168 valence electrons. The molecule has 0 radical (unpaired) electrons. The highest BCUT2D eigenvalue weighted by Gasteiger charge is 2.36. The van der Waals surface area contributed by atoms with Crippen LogP contribution in [0, 0.1) is 5.82 Å².